The zero-order chi connectivity index (χ0) is 32.1. The fourth-order valence-corrected chi connectivity index (χ4v) is 7.07. The summed E-state index contributed by atoms with van der Waals surface area (Å²) in [7, 11) is -6.72. The Labute approximate surface area is 258 Å². The normalized spacial score (nSPS) is 18.1. The molecule has 12 heteroatoms. The molecule has 1 aliphatic rings. The maximum atomic E-state index is 13.5. The molecule has 4 rings (SSSR count). The van der Waals surface area contributed by atoms with Crippen molar-refractivity contribution >= 4 is 31.6 Å². The van der Waals surface area contributed by atoms with Crippen molar-refractivity contribution in [1.29, 1.82) is 0 Å². The second-order valence-corrected chi connectivity index (χ2v) is 16.0. The molecule has 3 aromatic rings. The van der Waals surface area contributed by atoms with E-state index in [4.69, 9.17) is 4.74 Å². The lowest BCUT2D eigenvalue weighted by atomic mass is 9.93. The zero-order valence-corrected chi connectivity index (χ0v) is 26.6. The van der Waals surface area contributed by atoms with Gasteiger partial charge in [-0.2, -0.15) is 0 Å². The van der Waals surface area contributed by atoms with Crippen LogP contribution in [0.3, 0.4) is 0 Å². The molecule has 1 saturated heterocycles. The number of aliphatic carboxylic acids is 1. The van der Waals surface area contributed by atoms with Crippen LogP contribution < -0.4 is 10.1 Å². The van der Waals surface area contributed by atoms with E-state index in [9.17, 15) is 31.5 Å². The molecule has 1 heterocycles. The smallest absolute Gasteiger partial charge is 0.326 e. The Morgan fingerprint density at radius 2 is 1.66 bits per heavy atom. The van der Waals surface area contributed by atoms with Crippen molar-refractivity contribution in [3.63, 3.8) is 0 Å². The van der Waals surface area contributed by atoms with Crippen molar-refractivity contribution in [3.05, 3.63) is 89.5 Å². The number of nitrogens with zero attached hydrogens (tertiary/aromatic N) is 1. The molecule has 0 radical (unpaired) electrons. The van der Waals surface area contributed by atoms with Gasteiger partial charge in [-0.25, -0.2) is 21.6 Å². The average molecular weight is 643 g/mol. The molecular weight excluding hydrogens is 604 g/mol. The molecule has 0 aromatic heterocycles. The predicted octanol–water partition coefficient (Wildman–Crippen LogP) is 3.35. The summed E-state index contributed by atoms with van der Waals surface area (Å²) in [5, 5.41) is 11.6. The Kier molecular flexibility index (Phi) is 10.5. The molecule has 3 atom stereocenters. The first kappa shape index (κ1) is 33.2. The number of carbonyl (C=O) groups is 2. The van der Waals surface area contributed by atoms with Crippen molar-refractivity contribution in [2.24, 2.45) is 0 Å². The van der Waals surface area contributed by atoms with Gasteiger partial charge in [-0.15, -0.1) is 0 Å². The molecule has 44 heavy (non-hydrogen) atoms. The summed E-state index contributed by atoms with van der Waals surface area (Å²) in [6.45, 7) is 2.96. The monoisotopic (exact) mass is 642 g/mol. The molecule has 1 fully saturated rings. The lowest BCUT2D eigenvalue weighted by Gasteiger charge is -2.25. The van der Waals surface area contributed by atoms with Crippen LogP contribution >= 0.6 is 0 Å². The molecule has 1 amide bonds. The minimum atomic E-state index is -3.43. The second-order valence-electron chi connectivity index (χ2n) is 11.4. The first-order chi connectivity index (χ1) is 20.7. The van der Waals surface area contributed by atoms with Crippen LogP contribution in [-0.4, -0.2) is 87.5 Å². The Hall–Kier alpha value is -3.74. The third-order valence-corrected chi connectivity index (χ3v) is 10.3. The molecule has 2 N–H and O–H groups in total. The van der Waals surface area contributed by atoms with Crippen LogP contribution in [0, 0.1) is 6.92 Å². The number of amides is 1. The first-order valence-corrected chi connectivity index (χ1v) is 18.2. The van der Waals surface area contributed by atoms with E-state index in [1.807, 2.05) is 67.6 Å². The van der Waals surface area contributed by atoms with Crippen LogP contribution in [0.25, 0.3) is 11.1 Å². The summed E-state index contributed by atoms with van der Waals surface area (Å²) < 4.78 is 54.3. The van der Waals surface area contributed by atoms with Gasteiger partial charge in [-0.05, 0) is 66.3 Å². The van der Waals surface area contributed by atoms with Crippen molar-refractivity contribution < 1.29 is 36.3 Å². The largest absolute Gasteiger partial charge is 0.492 e. The fraction of sp³-hybridized carbons (Fsp3) is 0.375. The molecule has 1 aliphatic heterocycles. The summed E-state index contributed by atoms with van der Waals surface area (Å²) in [6, 6.07) is 20.5. The van der Waals surface area contributed by atoms with Gasteiger partial charge < -0.3 is 15.2 Å². The number of likely N-dealkylation sites (tertiary alicyclic amines) is 1. The highest BCUT2D eigenvalue weighted by Crippen LogP contribution is 2.31. The molecular formula is C32H38N2O8S2. The van der Waals surface area contributed by atoms with E-state index in [1.54, 1.807) is 12.1 Å². The number of hydrogen-bond acceptors (Lipinski definition) is 8. The molecule has 3 aromatic carbocycles. The maximum Gasteiger partial charge on any atom is 0.326 e. The number of carbonyl (C=O) groups excluding carboxylic acids is 1. The standard InChI is InChI=1S/C32H38N2O8S2/c1-22-9-7-8-12-27(22)29-17-23(13-14-28(29)31(35)33-30(32(36)37)15-16-43(2,38)39)19-34-20-26(44(3,40)41)18-24(34)21-42-25-10-5-4-6-11-25/h4-14,17,24,26,30H,15-16,18-21H2,1-3H3,(H,33,35)(H,36,37)/t24-,26+,30-/m0/s1. The number of carboxylic acid groups (broad SMARTS) is 1. The number of nitrogens with one attached hydrogen (secondary N) is 1. The lowest BCUT2D eigenvalue weighted by Crippen LogP contribution is -2.42. The highest BCUT2D eigenvalue weighted by atomic mass is 32.2. The van der Waals surface area contributed by atoms with Crippen molar-refractivity contribution in [3.8, 4) is 16.9 Å². The number of ether oxygens (including phenoxy) is 1. The van der Waals surface area contributed by atoms with Crippen LogP contribution in [-0.2, 0) is 31.0 Å². The Balaban J connectivity index is 1.63. The summed E-state index contributed by atoms with van der Waals surface area (Å²) in [4.78, 5) is 27.4. The third kappa shape index (κ3) is 8.90. The van der Waals surface area contributed by atoms with Crippen LogP contribution in [0.15, 0.2) is 72.8 Å². The predicted molar refractivity (Wildman–Crippen MR) is 169 cm³/mol. The van der Waals surface area contributed by atoms with Gasteiger partial charge in [0.05, 0.1) is 11.0 Å². The number of hydrogen-bond donors (Lipinski definition) is 2. The highest BCUT2D eigenvalue weighted by molar-refractivity contribution is 7.91. The lowest BCUT2D eigenvalue weighted by molar-refractivity contribution is -0.139. The van der Waals surface area contributed by atoms with Gasteiger partial charge in [-0.3, -0.25) is 9.69 Å². The minimum Gasteiger partial charge on any atom is -0.492 e. The number of carboxylic acids is 1. The summed E-state index contributed by atoms with van der Waals surface area (Å²) in [5.41, 5.74) is 3.35. The van der Waals surface area contributed by atoms with Gasteiger partial charge in [-0.1, -0.05) is 48.5 Å². The molecule has 0 unspecified atom stereocenters. The molecule has 0 aliphatic carbocycles. The van der Waals surface area contributed by atoms with E-state index in [1.165, 1.54) is 6.26 Å². The number of para-hydroxylation sites is 1. The Bertz CT molecular complexity index is 1710. The molecule has 10 nitrogen and oxygen atoms in total. The van der Waals surface area contributed by atoms with Gasteiger partial charge in [0, 0.05) is 37.2 Å². The van der Waals surface area contributed by atoms with Gasteiger partial charge in [0.15, 0.2) is 9.84 Å². The number of benzene rings is 3. The average Bonchev–Trinajstić information content (AvgIpc) is 3.37. The van der Waals surface area contributed by atoms with Gasteiger partial charge in [0.25, 0.3) is 5.91 Å². The van der Waals surface area contributed by atoms with Crippen LogP contribution in [0.5, 0.6) is 5.75 Å². The van der Waals surface area contributed by atoms with E-state index in [0.29, 0.717) is 37.4 Å². The molecule has 0 spiro atoms. The maximum absolute atomic E-state index is 13.5. The fourth-order valence-electron chi connectivity index (χ4n) is 5.37. The minimum absolute atomic E-state index is 0.161. The van der Waals surface area contributed by atoms with E-state index < -0.39 is 42.8 Å². The molecule has 0 saturated carbocycles. The molecule has 236 valence electrons. The highest BCUT2D eigenvalue weighted by Gasteiger charge is 2.38. The van der Waals surface area contributed by atoms with E-state index in [0.717, 1.165) is 22.9 Å². The van der Waals surface area contributed by atoms with Gasteiger partial charge in [0.2, 0.25) is 0 Å². The Morgan fingerprint density at radius 1 is 0.977 bits per heavy atom. The van der Waals surface area contributed by atoms with Crippen LogP contribution in [0.2, 0.25) is 0 Å². The van der Waals surface area contributed by atoms with E-state index in [-0.39, 0.29) is 23.8 Å². The van der Waals surface area contributed by atoms with Crippen molar-refractivity contribution in [1.82, 2.24) is 10.2 Å². The van der Waals surface area contributed by atoms with Gasteiger partial charge >= 0.3 is 5.97 Å². The van der Waals surface area contributed by atoms with Crippen LogP contribution in [0.1, 0.15) is 34.3 Å². The number of sulfone groups is 2. The first-order valence-electron chi connectivity index (χ1n) is 14.2. The Morgan fingerprint density at radius 3 is 2.30 bits per heavy atom. The van der Waals surface area contributed by atoms with E-state index in [2.05, 4.69) is 10.2 Å². The third-order valence-electron chi connectivity index (χ3n) is 7.81. The topological polar surface area (TPSA) is 147 Å². The van der Waals surface area contributed by atoms with Crippen molar-refractivity contribution in [2.75, 3.05) is 31.4 Å². The quantitative estimate of drug-likeness (QED) is 0.287. The number of aryl methyl sites for hydroxylation is 1. The van der Waals surface area contributed by atoms with E-state index >= 15 is 0 Å². The summed E-state index contributed by atoms with van der Waals surface area (Å²) >= 11 is 0. The van der Waals surface area contributed by atoms with Gasteiger partial charge in [0.1, 0.15) is 28.2 Å². The zero-order valence-electron chi connectivity index (χ0n) is 25.0. The second kappa shape index (κ2) is 13.9. The summed E-state index contributed by atoms with van der Waals surface area (Å²) in [5.74, 6) is -1.64. The van der Waals surface area contributed by atoms with Crippen LogP contribution in [0.4, 0.5) is 0 Å². The number of rotatable bonds is 13. The SMILES string of the molecule is Cc1ccccc1-c1cc(CN2C[C@H](S(C)(=O)=O)C[C@H]2COc2ccccc2)ccc1C(=O)N[C@@H](CCS(C)(=O)=O)C(=O)O. The summed E-state index contributed by atoms with van der Waals surface area (Å²) in [6.07, 6.45) is 2.43. The van der Waals surface area contributed by atoms with Crippen molar-refractivity contribution in [2.45, 2.75) is 43.6 Å². The molecule has 0 bridgehead atoms.